The average Bonchev–Trinajstić information content (AvgIpc) is 2.88. The van der Waals surface area contributed by atoms with Crippen molar-refractivity contribution in [3.63, 3.8) is 0 Å². The summed E-state index contributed by atoms with van der Waals surface area (Å²) < 4.78 is 11.6. The van der Waals surface area contributed by atoms with Crippen LogP contribution >= 0.6 is 27.5 Å². The number of hydrogen-bond donors (Lipinski definition) is 3. The highest BCUT2D eigenvalue weighted by Crippen LogP contribution is 2.36. The Morgan fingerprint density at radius 1 is 1.00 bits per heavy atom. The number of hydrazone groups is 1. The summed E-state index contributed by atoms with van der Waals surface area (Å²) in [4.78, 5) is 36.7. The number of rotatable bonds is 8. The molecule has 198 valence electrons. The van der Waals surface area contributed by atoms with Crippen LogP contribution in [0, 0.1) is 20.8 Å². The molecule has 0 aliphatic rings. The number of hydrogen-bond acceptors (Lipinski definition) is 6. The van der Waals surface area contributed by atoms with E-state index in [1.165, 1.54) is 13.3 Å². The van der Waals surface area contributed by atoms with Gasteiger partial charge in [0.25, 0.3) is 5.91 Å². The van der Waals surface area contributed by atoms with Crippen molar-refractivity contribution in [2.24, 2.45) is 5.10 Å². The second kappa shape index (κ2) is 13.1. The van der Waals surface area contributed by atoms with E-state index in [0.717, 1.165) is 16.7 Å². The van der Waals surface area contributed by atoms with Crippen LogP contribution in [0.2, 0.25) is 5.02 Å². The second-order valence-electron chi connectivity index (χ2n) is 8.24. The molecule has 3 amide bonds. The highest BCUT2D eigenvalue weighted by Gasteiger charge is 2.15. The first-order chi connectivity index (χ1) is 18.1. The zero-order chi connectivity index (χ0) is 27.8. The summed E-state index contributed by atoms with van der Waals surface area (Å²) >= 11 is 9.50. The maximum absolute atomic E-state index is 12.4. The number of methoxy groups -OCH3 is 1. The number of benzene rings is 3. The van der Waals surface area contributed by atoms with E-state index in [-0.39, 0.29) is 12.5 Å². The largest absolute Gasteiger partial charge is 0.493 e. The van der Waals surface area contributed by atoms with E-state index >= 15 is 0 Å². The number of anilines is 2. The van der Waals surface area contributed by atoms with Gasteiger partial charge in [-0.15, -0.1) is 0 Å². The number of carbonyl (C=O) groups is 3. The number of ether oxygens (including phenoxy) is 2. The van der Waals surface area contributed by atoms with Crippen molar-refractivity contribution >= 4 is 62.8 Å². The summed E-state index contributed by atoms with van der Waals surface area (Å²) in [6.07, 6.45) is 1.34. The highest BCUT2D eigenvalue weighted by molar-refractivity contribution is 9.10. The van der Waals surface area contributed by atoms with E-state index in [1.54, 1.807) is 49.4 Å². The lowest BCUT2D eigenvalue weighted by molar-refractivity contribution is -0.136. The summed E-state index contributed by atoms with van der Waals surface area (Å²) in [6.45, 7) is 5.39. The molecule has 0 atom stereocenters. The first kappa shape index (κ1) is 28.7. The molecule has 0 aliphatic heterocycles. The number of halogens is 2. The van der Waals surface area contributed by atoms with Gasteiger partial charge in [-0.25, -0.2) is 5.43 Å². The Hall–Kier alpha value is -3.89. The first-order valence-corrected chi connectivity index (χ1v) is 12.5. The number of carbonyl (C=O) groups excluding carboxylic acids is 3. The van der Waals surface area contributed by atoms with Crippen molar-refractivity contribution in [3.8, 4) is 11.5 Å². The zero-order valence-electron chi connectivity index (χ0n) is 21.1. The van der Waals surface area contributed by atoms with Crippen LogP contribution in [0.4, 0.5) is 11.4 Å². The first-order valence-electron chi connectivity index (χ1n) is 11.4. The van der Waals surface area contributed by atoms with Gasteiger partial charge in [0, 0.05) is 16.4 Å². The maximum Gasteiger partial charge on any atom is 0.329 e. The van der Waals surface area contributed by atoms with Crippen LogP contribution in [-0.2, 0) is 14.4 Å². The monoisotopic (exact) mass is 600 g/mol. The Labute approximate surface area is 233 Å². The molecule has 0 bridgehead atoms. The molecule has 0 heterocycles. The predicted octanol–water partition coefficient (Wildman–Crippen LogP) is 5.14. The molecular weight excluding hydrogens is 576 g/mol. The van der Waals surface area contributed by atoms with Crippen LogP contribution in [-0.4, -0.2) is 37.7 Å². The molecule has 0 unspecified atom stereocenters. The lowest BCUT2D eigenvalue weighted by Gasteiger charge is -2.14. The molecule has 11 heteroatoms. The van der Waals surface area contributed by atoms with Crippen molar-refractivity contribution in [3.05, 3.63) is 80.3 Å². The van der Waals surface area contributed by atoms with Crippen molar-refractivity contribution in [2.75, 3.05) is 24.4 Å². The smallest absolute Gasteiger partial charge is 0.329 e. The van der Waals surface area contributed by atoms with E-state index in [1.807, 2.05) is 19.9 Å². The fourth-order valence-corrected chi connectivity index (χ4v) is 3.99. The predicted molar refractivity (Wildman–Crippen MR) is 151 cm³/mol. The molecule has 0 aliphatic carbocycles. The third-order valence-corrected chi connectivity index (χ3v) is 6.49. The summed E-state index contributed by atoms with van der Waals surface area (Å²) in [5.41, 5.74) is 6.64. The van der Waals surface area contributed by atoms with Crippen LogP contribution in [0.25, 0.3) is 0 Å². The summed E-state index contributed by atoms with van der Waals surface area (Å²) in [7, 11) is 1.45. The van der Waals surface area contributed by atoms with E-state index in [9.17, 15) is 14.4 Å². The van der Waals surface area contributed by atoms with Crippen LogP contribution < -0.4 is 25.5 Å². The zero-order valence-corrected chi connectivity index (χ0v) is 23.5. The van der Waals surface area contributed by atoms with Gasteiger partial charge in [-0.2, -0.15) is 5.10 Å². The maximum atomic E-state index is 12.4. The van der Waals surface area contributed by atoms with Gasteiger partial charge < -0.3 is 20.1 Å². The molecule has 3 aromatic carbocycles. The molecule has 0 radical (unpaired) electrons. The van der Waals surface area contributed by atoms with Crippen LogP contribution in [0.15, 0.2) is 58.1 Å². The SMILES string of the molecule is COc1cc(/C=N/NC(=O)C(=O)Nc2ccc(C)c(C)c2)cc(Br)c1OCC(=O)Nc1cccc(Cl)c1C. The summed E-state index contributed by atoms with van der Waals surface area (Å²) in [5.74, 6) is -1.52. The van der Waals surface area contributed by atoms with Crippen molar-refractivity contribution in [1.82, 2.24) is 5.43 Å². The van der Waals surface area contributed by atoms with E-state index in [4.69, 9.17) is 21.1 Å². The molecule has 3 N–H and O–H groups in total. The standard InChI is InChI=1S/C27H26BrClN4O5/c1-15-8-9-19(10-16(15)2)31-26(35)27(36)33-30-13-18-11-20(28)25(23(12-18)37-4)38-14-24(34)32-22-7-5-6-21(29)17(22)3/h5-13H,14H2,1-4H3,(H,31,35)(H,32,34)(H,33,36)/b30-13+. The van der Waals surface area contributed by atoms with Crippen LogP contribution in [0.5, 0.6) is 11.5 Å². The lowest BCUT2D eigenvalue weighted by Crippen LogP contribution is -2.32. The van der Waals surface area contributed by atoms with Gasteiger partial charge in [-0.3, -0.25) is 14.4 Å². The van der Waals surface area contributed by atoms with E-state index in [2.05, 4.69) is 37.1 Å². The molecule has 0 spiro atoms. The number of aryl methyl sites for hydroxylation is 2. The highest BCUT2D eigenvalue weighted by atomic mass is 79.9. The van der Waals surface area contributed by atoms with Gasteiger partial charge in [0.05, 0.1) is 17.8 Å². The van der Waals surface area contributed by atoms with Gasteiger partial charge in [0.1, 0.15) is 0 Å². The Bertz CT molecular complexity index is 1410. The van der Waals surface area contributed by atoms with Gasteiger partial charge in [0.15, 0.2) is 18.1 Å². The Kier molecular flexibility index (Phi) is 9.86. The quantitative estimate of drug-likeness (QED) is 0.188. The van der Waals surface area contributed by atoms with Gasteiger partial charge >= 0.3 is 11.8 Å². The Morgan fingerprint density at radius 2 is 1.76 bits per heavy atom. The molecule has 3 aromatic rings. The van der Waals surface area contributed by atoms with Gasteiger partial charge in [-0.1, -0.05) is 23.7 Å². The number of amides is 3. The number of nitrogens with zero attached hydrogens (tertiary/aromatic N) is 1. The minimum atomic E-state index is -0.925. The minimum absolute atomic E-state index is 0.278. The minimum Gasteiger partial charge on any atom is -0.493 e. The van der Waals surface area contributed by atoms with Crippen molar-refractivity contribution in [2.45, 2.75) is 20.8 Å². The fourth-order valence-electron chi connectivity index (χ4n) is 3.24. The summed E-state index contributed by atoms with van der Waals surface area (Å²) in [6, 6.07) is 13.8. The summed E-state index contributed by atoms with van der Waals surface area (Å²) in [5, 5.41) is 9.67. The van der Waals surface area contributed by atoms with E-state index in [0.29, 0.717) is 37.9 Å². The molecule has 0 saturated carbocycles. The third-order valence-electron chi connectivity index (χ3n) is 5.49. The molecule has 0 saturated heterocycles. The molecule has 0 fully saturated rings. The van der Waals surface area contributed by atoms with Gasteiger partial charge in [-0.05, 0) is 95.4 Å². The number of nitrogens with one attached hydrogen (secondary N) is 3. The van der Waals surface area contributed by atoms with Crippen LogP contribution in [0.1, 0.15) is 22.3 Å². The molecule has 0 aromatic heterocycles. The molecular formula is C27H26BrClN4O5. The topological polar surface area (TPSA) is 118 Å². The molecule has 38 heavy (non-hydrogen) atoms. The normalized spacial score (nSPS) is 10.7. The second-order valence-corrected chi connectivity index (χ2v) is 9.50. The van der Waals surface area contributed by atoms with Crippen LogP contribution in [0.3, 0.4) is 0 Å². The molecule has 3 rings (SSSR count). The average molecular weight is 602 g/mol. The fraction of sp³-hybridized carbons (Fsp3) is 0.185. The van der Waals surface area contributed by atoms with Crippen molar-refractivity contribution in [1.29, 1.82) is 0 Å². The molecule has 9 nitrogen and oxygen atoms in total. The Morgan fingerprint density at radius 3 is 2.47 bits per heavy atom. The van der Waals surface area contributed by atoms with Crippen molar-refractivity contribution < 1.29 is 23.9 Å². The van der Waals surface area contributed by atoms with E-state index < -0.39 is 11.8 Å². The third kappa shape index (κ3) is 7.56. The van der Waals surface area contributed by atoms with Gasteiger partial charge in [0.2, 0.25) is 0 Å². The lowest BCUT2D eigenvalue weighted by atomic mass is 10.1. The Balaban J connectivity index is 1.59.